The molecule has 2 aromatic rings. The Balaban J connectivity index is 1.42. The summed E-state index contributed by atoms with van der Waals surface area (Å²) >= 11 is 1.65. The molecule has 2 fully saturated rings. The third-order valence-corrected chi connectivity index (χ3v) is 7.35. The first-order chi connectivity index (χ1) is 15.5. The molecule has 0 unspecified atom stereocenters. The van der Waals surface area contributed by atoms with E-state index in [1.165, 1.54) is 6.07 Å². The second-order valence-corrected chi connectivity index (χ2v) is 9.53. The Morgan fingerprint density at radius 1 is 0.969 bits per heavy atom. The van der Waals surface area contributed by atoms with E-state index in [4.69, 9.17) is 0 Å². The first kappa shape index (κ1) is 22.7. The van der Waals surface area contributed by atoms with Gasteiger partial charge in [-0.25, -0.2) is 4.39 Å². The number of likely N-dealkylation sites (tertiary alicyclic amines) is 1. The highest BCUT2D eigenvalue weighted by atomic mass is 32.1. The SMILES string of the molecule is C[C@@H](NC(=O)C(=O)N1CCCCC1)[C@@H](c1cccs1)N1CCN(c2ccccc2F)CC1. The molecule has 0 spiro atoms. The monoisotopic (exact) mass is 458 g/mol. The number of thiophene rings is 1. The predicted molar refractivity (Wildman–Crippen MR) is 125 cm³/mol. The molecule has 8 heteroatoms. The minimum atomic E-state index is -0.522. The number of piperazine rings is 1. The number of nitrogens with zero attached hydrogens (tertiary/aromatic N) is 3. The Kier molecular flexibility index (Phi) is 7.42. The maximum absolute atomic E-state index is 14.2. The second kappa shape index (κ2) is 10.4. The van der Waals surface area contributed by atoms with Gasteiger partial charge in [0, 0.05) is 50.2 Å². The van der Waals surface area contributed by atoms with E-state index in [0.29, 0.717) is 31.9 Å². The molecule has 0 bridgehead atoms. The summed E-state index contributed by atoms with van der Waals surface area (Å²) in [4.78, 5) is 32.6. The number of amides is 2. The number of rotatable bonds is 5. The summed E-state index contributed by atoms with van der Waals surface area (Å²) in [6.07, 6.45) is 3.03. The number of anilines is 1. The molecule has 6 nitrogen and oxygen atoms in total. The molecule has 0 saturated carbocycles. The highest BCUT2D eigenvalue weighted by Gasteiger charge is 2.33. The van der Waals surface area contributed by atoms with E-state index in [-0.39, 0.29) is 17.9 Å². The van der Waals surface area contributed by atoms with Gasteiger partial charge in [-0.05, 0) is 49.8 Å². The summed E-state index contributed by atoms with van der Waals surface area (Å²) in [5.74, 6) is -1.15. The van der Waals surface area contributed by atoms with Crippen LogP contribution in [0.3, 0.4) is 0 Å². The maximum Gasteiger partial charge on any atom is 0.311 e. The van der Waals surface area contributed by atoms with Crippen molar-refractivity contribution in [2.75, 3.05) is 44.2 Å². The fourth-order valence-corrected chi connectivity index (χ4v) is 5.70. The number of carbonyl (C=O) groups excluding carboxylic acids is 2. The van der Waals surface area contributed by atoms with Crippen LogP contribution in [0.5, 0.6) is 0 Å². The van der Waals surface area contributed by atoms with E-state index in [0.717, 1.165) is 37.2 Å². The number of halogens is 1. The fraction of sp³-hybridized carbons (Fsp3) is 0.500. The van der Waals surface area contributed by atoms with Crippen molar-refractivity contribution in [1.29, 1.82) is 0 Å². The van der Waals surface area contributed by atoms with Crippen LogP contribution >= 0.6 is 11.3 Å². The standard InChI is InChI=1S/C24H31FN4O2S/c1-18(26-23(30)24(31)29-11-5-2-6-12-29)22(21-10-7-17-32-21)28-15-13-27(14-16-28)20-9-4-3-8-19(20)25/h3-4,7-10,17-18,22H,2,5-6,11-16H2,1H3,(H,26,30)/t18-,22+/m1/s1. The van der Waals surface area contributed by atoms with Crippen molar-refractivity contribution < 1.29 is 14.0 Å². The van der Waals surface area contributed by atoms with Crippen LogP contribution in [-0.4, -0.2) is 66.9 Å². The normalized spacial score (nSPS) is 19.4. The zero-order valence-corrected chi connectivity index (χ0v) is 19.3. The number of para-hydroxylation sites is 1. The quantitative estimate of drug-likeness (QED) is 0.699. The molecule has 1 aromatic heterocycles. The third kappa shape index (κ3) is 5.13. The molecule has 0 radical (unpaired) electrons. The summed E-state index contributed by atoms with van der Waals surface area (Å²) in [5, 5.41) is 5.01. The van der Waals surface area contributed by atoms with Gasteiger partial charge in [0.25, 0.3) is 0 Å². The predicted octanol–water partition coefficient (Wildman–Crippen LogP) is 3.27. The van der Waals surface area contributed by atoms with Crippen molar-refractivity contribution in [2.45, 2.75) is 38.3 Å². The van der Waals surface area contributed by atoms with Crippen LogP contribution in [0.15, 0.2) is 41.8 Å². The van der Waals surface area contributed by atoms with Crippen LogP contribution in [0.25, 0.3) is 0 Å². The number of hydrogen-bond donors (Lipinski definition) is 1. The summed E-state index contributed by atoms with van der Waals surface area (Å²) in [7, 11) is 0. The van der Waals surface area contributed by atoms with Gasteiger partial charge in [-0.1, -0.05) is 18.2 Å². The van der Waals surface area contributed by atoms with Crippen molar-refractivity contribution in [2.24, 2.45) is 0 Å². The van der Waals surface area contributed by atoms with Gasteiger partial charge in [-0.15, -0.1) is 11.3 Å². The highest BCUT2D eigenvalue weighted by molar-refractivity contribution is 7.10. The molecule has 2 aliphatic rings. The van der Waals surface area contributed by atoms with E-state index in [2.05, 4.69) is 21.2 Å². The Morgan fingerprint density at radius 3 is 2.34 bits per heavy atom. The van der Waals surface area contributed by atoms with Crippen molar-refractivity contribution in [1.82, 2.24) is 15.1 Å². The summed E-state index contributed by atoms with van der Waals surface area (Å²) in [6.45, 7) is 6.19. The van der Waals surface area contributed by atoms with Gasteiger partial charge in [0.1, 0.15) is 5.82 Å². The Hall–Kier alpha value is -2.45. The average Bonchev–Trinajstić information content (AvgIpc) is 3.34. The van der Waals surface area contributed by atoms with Gasteiger partial charge in [0.15, 0.2) is 0 Å². The summed E-state index contributed by atoms with van der Waals surface area (Å²) < 4.78 is 14.2. The molecule has 3 heterocycles. The minimum Gasteiger partial charge on any atom is -0.367 e. The van der Waals surface area contributed by atoms with Gasteiger partial charge < -0.3 is 15.1 Å². The first-order valence-electron chi connectivity index (χ1n) is 11.4. The molecule has 0 aliphatic carbocycles. The topological polar surface area (TPSA) is 55.9 Å². The first-order valence-corrected chi connectivity index (χ1v) is 12.3. The Bertz CT molecular complexity index is 908. The number of benzene rings is 1. The molecule has 2 atom stereocenters. The Morgan fingerprint density at radius 2 is 1.69 bits per heavy atom. The number of piperidine rings is 1. The zero-order valence-electron chi connectivity index (χ0n) is 18.5. The van der Waals surface area contributed by atoms with E-state index < -0.39 is 11.8 Å². The van der Waals surface area contributed by atoms with E-state index in [9.17, 15) is 14.0 Å². The van der Waals surface area contributed by atoms with Gasteiger partial charge in [-0.3, -0.25) is 14.5 Å². The molecule has 2 saturated heterocycles. The van der Waals surface area contributed by atoms with Crippen LogP contribution in [0.2, 0.25) is 0 Å². The molecular weight excluding hydrogens is 427 g/mol. The summed E-state index contributed by atoms with van der Waals surface area (Å²) in [6, 6.07) is 10.7. The lowest BCUT2D eigenvalue weighted by Crippen LogP contribution is -2.54. The Labute approximate surface area is 193 Å². The van der Waals surface area contributed by atoms with Crippen molar-refractivity contribution in [3.8, 4) is 0 Å². The van der Waals surface area contributed by atoms with E-state index in [1.54, 1.807) is 22.3 Å². The van der Waals surface area contributed by atoms with Crippen LogP contribution in [-0.2, 0) is 9.59 Å². The molecule has 1 aromatic carbocycles. The van der Waals surface area contributed by atoms with Gasteiger partial charge in [0.2, 0.25) is 0 Å². The van der Waals surface area contributed by atoms with E-state index >= 15 is 0 Å². The molecule has 2 amide bonds. The van der Waals surface area contributed by atoms with Crippen LogP contribution < -0.4 is 10.2 Å². The van der Waals surface area contributed by atoms with Crippen LogP contribution in [0, 0.1) is 5.82 Å². The zero-order chi connectivity index (χ0) is 22.5. The maximum atomic E-state index is 14.2. The lowest BCUT2D eigenvalue weighted by molar-refractivity contribution is -0.147. The minimum absolute atomic E-state index is 0.0316. The number of hydrogen-bond acceptors (Lipinski definition) is 5. The number of carbonyl (C=O) groups is 2. The van der Waals surface area contributed by atoms with Crippen LogP contribution in [0.1, 0.15) is 37.1 Å². The van der Waals surface area contributed by atoms with Gasteiger partial charge in [-0.2, -0.15) is 0 Å². The lowest BCUT2D eigenvalue weighted by atomic mass is 10.0. The molecule has 4 rings (SSSR count). The smallest absolute Gasteiger partial charge is 0.311 e. The second-order valence-electron chi connectivity index (χ2n) is 8.55. The van der Waals surface area contributed by atoms with Gasteiger partial charge in [0.05, 0.1) is 11.7 Å². The highest BCUT2D eigenvalue weighted by Crippen LogP contribution is 2.30. The third-order valence-electron chi connectivity index (χ3n) is 6.41. The molecule has 1 N–H and O–H groups in total. The van der Waals surface area contributed by atoms with Crippen molar-refractivity contribution >= 4 is 28.8 Å². The number of nitrogens with one attached hydrogen (secondary N) is 1. The van der Waals surface area contributed by atoms with Gasteiger partial charge >= 0.3 is 11.8 Å². The largest absolute Gasteiger partial charge is 0.367 e. The van der Waals surface area contributed by atoms with E-state index in [1.807, 2.05) is 30.5 Å². The molecule has 2 aliphatic heterocycles. The summed E-state index contributed by atoms with van der Waals surface area (Å²) in [5.41, 5.74) is 0.633. The van der Waals surface area contributed by atoms with Crippen LogP contribution in [0.4, 0.5) is 10.1 Å². The molecule has 172 valence electrons. The molecular formula is C24H31FN4O2S. The van der Waals surface area contributed by atoms with Crippen molar-refractivity contribution in [3.05, 3.63) is 52.5 Å². The lowest BCUT2D eigenvalue weighted by Gasteiger charge is -2.42. The molecule has 32 heavy (non-hydrogen) atoms. The average molecular weight is 459 g/mol. The van der Waals surface area contributed by atoms with Crippen molar-refractivity contribution in [3.63, 3.8) is 0 Å². The fourth-order valence-electron chi connectivity index (χ4n) is 4.74.